The summed E-state index contributed by atoms with van der Waals surface area (Å²) >= 11 is 1.80. The van der Waals surface area contributed by atoms with Crippen molar-refractivity contribution in [2.75, 3.05) is 5.32 Å². The van der Waals surface area contributed by atoms with Crippen molar-refractivity contribution >= 4 is 17.0 Å². The maximum atomic E-state index is 4.54. The van der Waals surface area contributed by atoms with Crippen LogP contribution in [0.2, 0.25) is 0 Å². The normalized spacial score (nSPS) is 11.7. The van der Waals surface area contributed by atoms with Crippen LogP contribution in [0.5, 0.6) is 0 Å². The molecule has 20 heavy (non-hydrogen) atoms. The van der Waals surface area contributed by atoms with Gasteiger partial charge in [0.25, 0.3) is 0 Å². The molecular formula is C17H24N2S. The van der Waals surface area contributed by atoms with E-state index < -0.39 is 0 Å². The van der Waals surface area contributed by atoms with Crippen molar-refractivity contribution < 1.29 is 0 Å². The van der Waals surface area contributed by atoms with Crippen LogP contribution in [0.25, 0.3) is 0 Å². The van der Waals surface area contributed by atoms with E-state index in [1.54, 1.807) is 11.3 Å². The molecule has 0 radical (unpaired) electrons. The van der Waals surface area contributed by atoms with Gasteiger partial charge in [0.1, 0.15) is 0 Å². The average molecular weight is 288 g/mol. The fraction of sp³-hybridized carbons (Fsp3) is 0.471. The molecule has 0 saturated carbocycles. The lowest BCUT2D eigenvalue weighted by Gasteiger charge is -2.14. The van der Waals surface area contributed by atoms with Gasteiger partial charge in [0.15, 0.2) is 0 Å². The van der Waals surface area contributed by atoms with Crippen LogP contribution >= 0.6 is 11.3 Å². The molecule has 0 aliphatic carbocycles. The summed E-state index contributed by atoms with van der Waals surface area (Å²) in [5, 5.41) is 4.76. The van der Waals surface area contributed by atoms with Crippen LogP contribution in [-0.2, 0) is 12.0 Å². The highest BCUT2D eigenvalue weighted by atomic mass is 32.1. The minimum absolute atomic E-state index is 0.138. The standard InChI is InChI=1S/C17H24N2S/c1-11-7-12(2)15(13(3)8-11)18-9-14-10-19-16(20-14)17(4,5)6/h7-8,10,18H,9H2,1-6H3. The molecule has 0 unspecified atom stereocenters. The molecule has 0 saturated heterocycles. The lowest BCUT2D eigenvalue weighted by Crippen LogP contribution is -2.09. The van der Waals surface area contributed by atoms with Crippen molar-refractivity contribution in [3.63, 3.8) is 0 Å². The monoisotopic (exact) mass is 288 g/mol. The van der Waals surface area contributed by atoms with Gasteiger partial charge in [-0.2, -0.15) is 0 Å². The first-order chi connectivity index (χ1) is 9.27. The van der Waals surface area contributed by atoms with Gasteiger partial charge in [-0.15, -0.1) is 11.3 Å². The third kappa shape index (κ3) is 3.40. The average Bonchev–Trinajstić information content (AvgIpc) is 2.75. The van der Waals surface area contributed by atoms with Crippen LogP contribution in [0, 0.1) is 20.8 Å². The molecule has 0 spiro atoms. The summed E-state index contributed by atoms with van der Waals surface area (Å²) in [6.07, 6.45) is 2.00. The molecular weight excluding hydrogens is 264 g/mol. The fourth-order valence-corrected chi connectivity index (χ4v) is 3.28. The second-order valence-corrected chi connectivity index (χ2v) is 7.62. The van der Waals surface area contributed by atoms with Gasteiger partial charge in [-0.25, -0.2) is 4.98 Å². The van der Waals surface area contributed by atoms with E-state index in [0.29, 0.717) is 0 Å². The Hall–Kier alpha value is -1.35. The summed E-state index contributed by atoms with van der Waals surface area (Å²) < 4.78 is 0. The number of aromatic nitrogens is 1. The Labute approximate surface area is 126 Å². The van der Waals surface area contributed by atoms with E-state index in [9.17, 15) is 0 Å². The first-order valence-corrected chi connectivity index (χ1v) is 7.86. The number of hydrogen-bond donors (Lipinski definition) is 1. The maximum absolute atomic E-state index is 4.54. The van der Waals surface area contributed by atoms with Crippen molar-refractivity contribution in [3.05, 3.63) is 44.9 Å². The van der Waals surface area contributed by atoms with Crippen LogP contribution in [0.1, 0.15) is 47.3 Å². The third-order valence-corrected chi connectivity index (χ3v) is 4.73. The minimum Gasteiger partial charge on any atom is -0.380 e. The molecule has 0 amide bonds. The van der Waals surface area contributed by atoms with Crippen molar-refractivity contribution in [2.45, 2.75) is 53.5 Å². The quantitative estimate of drug-likeness (QED) is 0.861. The predicted octanol–water partition coefficient (Wildman–Crippen LogP) is 4.98. The van der Waals surface area contributed by atoms with Crippen LogP contribution in [0.15, 0.2) is 18.3 Å². The Balaban J connectivity index is 2.12. The summed E-state index contributed by atoms with van der Waals surface area (Å²) in [5.74, 6) is 0. The molecule has 108 valence electrons. The highest BCUT2D eigenvalue weighted by Crippen LogP contribution is 2.28. The molecule has 0 atom stereocenters. The highest BCUT2D eigenvalue weighted by Gasteiger charge is 2.17. The van der Waals surface area contributed by atoms with Crippen LogP contribution in [0.4, 0.5) is 5.69 Å². The van der Waals surface area contributed by atoms with E-state index in [1.165, 1.54) is 32.3 Å². The van der Waals surface area contributed by atoms with Crippen molar-refractivity contribution in [3.8, 4) is 0 Å². The predicted molar refractivity (Wildman–Crippen MR) is 88.8 cm³/mol. The Morgan fingerprint density at radius 1 is 1.10 bits per heavy atom. The first kappa shape index (κ1) is 15.0. The van der Waals surface area contributed by atoms with E-state index in [0.717, 1.165) is 6.54 Å². The number of anilines is 1. The highest BCUT2D eigenvalue weighted by molar-refractivity contribution is 7.11. The van der Waals surface area contributed by atoms with Crippen LogP contribution in [0.3, 0.4) is 0 Å². The zero-order valence-corrected chi connectivity index (χ0v) is 14.1. The van der Waals surface area contributed by atoms with Gasteiger partial charge < -0.3 is 5.32 Å². The fourth-order valence-electron chi connectivity index (χ4n) is 2.37. The van der Waals surface area contributed by atoms with E-state index in [2.05, 4.69) is 64.0 Å². The third-order valence-electron chi connectivity index (χ3n) is 3.31. The molecule has 0 bridgehead atoms. The molecule has 1 N–H and O–H groups in total. The number of benzene rings is 1. The largest absolute Gasteiger partial charge is 0.380 e. The lowest BCUT2D eigenvalue weighted by atomic mass is 9.98. The number of hydrogen-bond acceptors (Lipinski definition) is 3. The molecule has 0 fully saturated rings. The molecule has 2 rings (SSSR count). The van der Waals surface area contributed by atoms with E-state index in [-0.39, 0.29) is 5.41 Å². The molecule has 1 aromatic carbocycles. The molecule has 2 nitrogen and oxygen atoms in total. The summed E-state index contributed by atoms with van der Waals surface area (Å²) in [6.45, 7) is 13.9. The van der Waals surface area contributed by atoms with E-state index in [4.69, 9.17) is 0 Å². The number of nitrogens with zero attached hydrogens (tertiary/aromatic N) is 1. The van der Waals surface area contributed by atoms with Gasteiger partial charge in [0, 0.05) is 22.2 Å². The Morgan fingerprint density at radius 3 is 2.20 bits per heavy atom. The van der Waals surface area contributed by atoms with E-state index >= 15 is 0 Å². The Kier molecular flexibility index (Phi) is 4.19. The molecule has 0 aliphatic rings. The summed E-state index contributed by atoms with van der Waals surface area (Å²) in [6, 6.07) is 4.45. The zero-order chi connectivity index (χ0) is 14.9. The van der Waals surface area contributed by atoms with Crippen LogP contribution in [-0.4, -0.2) is 4.98 Å². The van der Waals surface area contributed by atoms with Crippen molar-refractivity contribution in [2.24, 2.45) is 0 Å². The van der Waals surface area contributed by atoms with Gasteiger partial charge in [-0.1, -0.05) is 38.5 Å². The number of rotatable bonds is 3. The smallest absolute Gasteiger partial charge is 0.0981 e. The van der Waals surface area contributed by atoms with Gasteiger partial charge >= 0.3 is 0 Å². The topological polar surface area (TPSA) is 24.9 Å². The van der Waals surface area contributed by atoms with Gasteiger partial charge in [0.2, 0.25) is 0 Å². The first-order valence-electron chi connectivity index (χ1n) is 7.04. The molecule has 3 heteroatoms. The van der Waals surface area contributed by atoms with Crippen molar-refractivity contribution in [1.82, 2.24) is 4.98 Å². The van der Waals surface area contributed by atoms with Gasteiger partial charge in [0.05, 0.1) is 11.6 Å². The molecule has 0 aliphatic heterocycles. The minimum atomic E-state index is 0.138. The van der Waals surface area contributed by atoms with Crippen LogP contribution < -0.4 is 5.32 Å². The van der Waals surface area contributed by atoms with Gasteiger partial charge in [-0.05, 0) is 31.9 Å². The van der Waals surface area contributed by atoms with Gasteiger partial charge in [-0.3, -0.25) is 0 Å². The summed E-state index contributed by atoms with van der Waals surface area (Å²) in [4.78, 5) is 5.82. The summed E-state index contributed by atoms with van der Waals surface area (Å²) in [7, 11) is 0. The molecule has 2 aromatic rings. The van der Waals surface area contributed by atoms with E-state index in [1.807, 2.05) is 6.20 Å². The Bertz CT molecular complexity index is 583. The number of thiazole rings is 1. The number of aryl methyl sites for hydroxylation is 3. The second kappa shape index (κ2) is 5.57. The SMILES string of the molecule is Cc1cc(C)c(NCc2cnc(C(C)(C)C)s2)c(C)c1. The number of nitrogens with one attached hydrogen (secondary N) is 1. The zero-order valence-electron chi connectivity index (χ0n) is 13.3. The maximum Gasteiger partial charge on any atom is 0.0981 e. The Morgan fingerprint density at radius 2 is 1.70 bits per heavy atom. The molecule has 1 heterocycles. The van der Waals surface area contributed by atoms with Crippen molar-refractivity contribution in [1.29, 1.82) is 0 Å². The summed E-state index contributed by atoms with van der Waals surface area (Å²) in [5.41, 5.74) is 5.32. The lowest BCUT2D eigenvalue weighted by molar-refractivity contribution is 0.585. The second-order valence-electron chi connectivity index (χ2n) is 6.51. The molecule has 1 aromatic heterocycles.